The van der Waals surface area contributed by atoms with Crippen molar-refractivity contribution in [2.24, 2.45) is 0 Å². The highest BCUT2D eigenvalue weighted by molar-refractivity contribution is 7.89. The number of amides is 1. The topological polar surface area (TPSA) is 125 Å². The number of aromatic nitrogens is 2. The van der Waals surface area contributed by atoms with Crippen molar-refractivity contribution in [3.63, 3.8) is 0 Å². The van der Waals surface area contributed by atoms with Crippen molar-refractivity contribution in [3.05, 3.63) is 69.9 Å². The van der Waals surface area contributed by atoms with Crippen molar-refractivity contribution in [2.45, 2.75) is 82.3 Å². The van der Waals surface area contributed by atoms with Gasteiger partial charge in [-0.3, -0.25) is 9.48 Å². The Bertz CT molecular complexity index is 1890. The first kappa shape index (κ1) is 36.0. The van der Waals surface area contributed by atoms with E-state index in [-0.39, 0.29) is 18.0 Å². The maximum Gasteiger partial charge on any atom is 0.240 e. The molecule has 14 heteroatoms. The predicted molar refractivity (Wildman–Crippen MR) is 191 cm³/mol. The molecular formula is C35H47ClN6O5S2. The molecule has 266 valence electrons. The van der Waals surface area contributed by atoms with Gasteiger partial charge in [0, 0.05) is 86.5 Å². The van der Waals surface area contributed by atoms with E-state index >= 15 is 0 Å². The summed E-state index contributed by atoms with van der Waals surface area (Å²) in [6.45, 7) is 7.36. The number of nitrogens with one attached hydrogen (secondary N) is 1. The van der Waals surface area contributed by atoms with Gasteiger partial charge < -0.3 is 9.80 Å². The number of hydrogen-bond donors (Lipinski definition) is 1. The van der Waals surface area contributed by atoms with Gasteiger partial charge in [-0.15, -0.1) is 0 Å². The zero-order valence-corrected chi connectivity index (χ0v) is 30.8. The molecule has 3 aliphatic heterocycles. The number of fused-ring (bicyclic) bond motifs is 1. The normalized spacial score (nSPS) is 18.3. The van der Waals surface area contributed by atoms with Crippen molar-refractivity contribution in [3.8, 4) is 11.3 Å². The molecule has 0 unspecified atom stereocenters. The smallest absolute Gasteiger partial charge is 0.240 e. The summed E-state index contributed by atoms with van der Waals surface area (Å²) in [5.41, 5.74) is 5.38. The molecule has 0 spiro atoms. The van der Waals surface area contributed by atoms with E-state index in [1.54, 1.807) is 18.2 Å². The first-order valence-corrected chi connectivity index (χ1v) is 21.0. The summed E-state index contributed by atoms with van der Waals surface area (Å²) in [6, 6.07) is 13.0. The average Bonchev–Trinajstić information content (AvgIpc) is 3.67. The van der Waals surface area contributed by atoms with E-state index in [9.17, 15) is 21.6 Å². The second-order valence-corrected chi connectivity index (χ2v) is 17.7. The molecule has 0 saturated carbocycles. The van der Waals surface area contributed by atoms with Gasteiger partial charge in [0.25, 0.3) is 0 Å². The summed E-state index contributed by atoms with van der Waals surface area (Å²) in [4.78, 5) is 17.0. The Hall–Kier alpha value is -2.81. The van der Waals surface area contributed by atoms with Crippen LogP contribution in [0.2, 0.25) is 5.02 Å². The van der Waals surface area contributed by atoms with Crippen LogP contribution in [0.15, 0.2) is 47.4 Å². The highest BCUT2D eigenvalue weighted by atomic mass is 35.5. The van der Waals surface area contributed by atoms with Crippen molar-refractivity contribution in [1.29, 1.82) is 0 Å². The lowest BCUT2D eigenvalue weighted by Crippen LogP contribution is -2.45. The van der Waals surface area contributed by atoms with E-state index in [0.29, 0.717) is 49.2 Å². The van der Waals surface area contributed by atoms with E-state index < -0.39 is 20.0 Å². The van der Waals surface area contributed by atoms with Gasteiger partial charge in [0.05, 0.1) is 16.8 Å². The summed E-state index contributed by atoms with van der Waals surface area (Å²) < 4.78 is 56.9. The molecule has 2 saturated heterocycles. The van der Waals surface area contributed by atoms with Crippen molar-refractivity contribution < 1.29 is 21.6 Å². The number of halogens is 1. The SMILES string of the molecule is Cc1cccc(S(=O)(=O)NCCCc2cc(-c3nn(CCCN4CCC(N5CCCC5=O)CC4)c4c3CN(S(C)(=O)=O)CC4)ccc2Cl)c1. The molecule has 3 aliphatic rings. The Labute approximate surface area is 295 Å². The van der Waals surface area contributed by atoms with Crippen LogP contribution in [0.25, 0.3) is 11.3 Å². The second-order valence-electron chi connectivity index (χ2n) is 13.6. The molecule has 0 bridgehead atoms. The molecule has 3 aromatic rings. The number of nitrogens with zero attached hydrogens (tertiary/aromatic N) is 5. The second kappa shape index (κ2) is 15.2. The van der Waals surface area contributed by atoms with E-state index in [4.69, 9.17) is 16.7 Å². The monoisotopic (exact) mass is 730 g/mol. The number of piperidine rings is 1. The lowest BCUT2D eigenvalue weighted by Gasteiger charge is -2.36. The van der Waals surface area contributed by atoms with Gasteiger partial charge in [-0.05, 0) is 87.4 Å². The number of hydrogen-bond acceptors (Lipinski definition) is 7. The van der Waals surface area contributed by atoms with Gasteiger partial charge in [0.1, 0.15) is 0 Å². The molecule has 49 heavy (non-hydrogen) atoms. The number of rotatable bonds is 13. The Morgan fingerprint density at radius 1 is 0.959 bits per heavy atom. The molecular weight excluding hydrogens is 684 g/mol. The summed E-state index contributed by atoms with van der Waals surface area (Å²) in [7, 11) is -6.99. The van der Waals surface area contributed by atoms with Gasteiger partial charge >= 0.3 is 0 Å². The Kier molecular flexibility index (Phi) is 11.2. The summed E-state index contributed by atoms with van der Waals surface area (Å²) in [5, 5.41) is 5.66. The largest absolute Gasteiger partial charge is 0.340 e. The van der Waals surface area contributed by atoms with E-state index in [0.717, 1.165) is 92.0 Å². The minimum atomic E-state index is -3.61. The van der Waals surface area contributed by atoms with Gasteiger partial charge in [-0.25, -0.2) is 21.6 Å². The molecule has 2 aromatic carbocycles. The molecule has 1 N–H and O–H groups in total. The maximum absolute atomic E-state index is 12.8. The highest BCUT2D eigenvalue weighted by Gasteiger charge is 2.32. The van der Waals surface area contributed by atoms with Crippen molar-refractivity contribution in [1.82, 2.24) is 28.6 Å². The minimum Gasteiger partial charge on any atom is -0.340 e. The lowest BCUT2D eigenvalue weighted by molar-refractivity contribution is -0.130. The number of carbonyl (C=O) groups is 1. The number of likely N-dealkylation sites (tertiary alicyclic amines) is 2. The number of sulfonamides is 2. The van der Waals surface area contributed by atoms with Gasteiger partial charge in [-0.1, -0.05) is 29.8 Å². The fourth-order valence-electron chi connectivity index (χ4n) is 7.38. The van der Waals surface area contributed by atoms with Crippen LogP contribution in [-0.4, -0.2) is 98.2 Å². The first-order valence-electron chi connectivity index (χ1n) is 17.3. The van der Waals surface area contributed by atoms with Gasteiger partial charge in [0.15, 0.2) is 0 Å². The number of carbonyl (C=O) groups excluding carboxylic acids is 1. The van der Waals surface area contributed by atoms with Crippen LogP contribution in [0.5, 0.6) is 0 Å². The first-order chi connectivity index (χ1) is 23.4. The standard InChI is InChI=1S/C35H47ClN6O5S2/c1-26-7-3-9-30(23-26)49(46,47)37-16-4-8-27-24-28(11-12-32(27)36)35-31-25-40(48(2,44)45)22-15-33(31)42(38-35)19-6-17-39-20-13-29(14-21-39)41-18-5-10-34(41)43/h3,7,9,11-12,23-24,29,37H,4-6,8,10,13-22,25H2,1-2H3. The Balaban J connectivity index is 1.12. The molecule has 6 rings (SSSR count). The Morgan fingerprint density at radius 3 is 2.47 bits per heavy atom. The van der Waals surface area contributed by atoms with Gasteiger partial charge in [0.2, 0.25) is 26.0 Å². The van der Waals surface area contributed by atoms with E-state index in [1.807, 2.05) is 31.2 Å². The molecule has 4 heterocycles. The molecule has 1 aromatic heterocycles. The van der Waals surface area contributed by atoms with Crippen LogP contribution < -0.4 is 4.72 Å². The number of aryl methyl sites for hydroxylation is 3. The third-order valence-electron chi connectivity index (χ3n) is 10.1. The fourth-order valence-corrected chi connectivity index (χ4v) is 9.56. The predicted octanol–water partition coefficient (Wildman–Crippen LogP) is 4.22. The molecule has 1 amide bonds. The maximum atomic E-state index is 12.8. The van der Waals surface area contributed by atoms with Crippen LogP contribution in [-0.2, 0) is 50.8 Å². The average molecular weight is 731 g/mol. The van der Waals surface area contributed by atoms with Crippen LogP contribution in [0.1, 0.15) is 60.9 Å². The summed E-state index contributed by atoms with van der Waals surface area (Å²) >= 11 is 6.62. The van der Waals surface area contributed by atoms with Gasteiger partial charge in [-0.2, -0.15) is 9.40 Å². The zero-order chi connectivity index (χ0) is 34.8. The molecule has 2 fully saturated rings. The molecule has 0 aliphatic carbocycles. The highest BCUT2D eigenvalue weighted by Crippen LogP contribution is 2.33. The minimum absolute atomic E-state index is 0.246. The molecule has 0 atom stereocenters. The fraction of sp³-hybridized carbons (Fsp3) is 0.543. The molecule has 11 nitrogen and oxygen atoms in total. The van der Waals surface area contributed by atoms with Crippen molar-refractivity contribution in [2.75, 3.05) is 45.5 Å². The lowest BCUT2D eigenvalue weighted by atomic mass is 9.99. The number of benzene rings is 2. The Morgan fingerprint density at radius 2 is 1.76 bits per heavy atom. The molecule has 0 radical (unpaired) electrons. The summed E-state index contributed by atoms with van der Waals surface area (Å²) in [5.74, 6) is 0.307. The van der Waals surface area contributed by atoms with E-state index in [1.165, 1.54) is 10.6 Å². The quantitative estimate of drug-likeness (QED) is 0.261. The third kappa shape index (κ3) is 8.57. The van der Waals surface area contributed by atoms with E-state index in [2.05, 4.69) is 19.2 Å². The van der Waals surface area contributed by atoms with Crippen LogP contribution in [0, 0.1) is 6.92 Å². The van der Waals surface area contributed by atoms with Crippen LogP contribution >= 0.6 is 11.6 Å². The summed E-state index contributed by atoms with van der Waals surface area (Å²) in [6.07, 6.45) is 7.57. The third-order valence-corrected chi connectivity index (χ3v) is 13.1. The van der Waals surface area contributed by atoms with Crippen LogP contribution in [0.3, 0.4) is 0 Å². The van der Waals surface area contributed by atoms with Crippen molar-refractivity contribution >= 4 is 37.6 Å². The zero-order valence-electron chi connectivity index (χ0n) is 28.4. The van der Waals surface area contributed by atoms with Crippen LogP contribution in [0.4, 0.5) is 0 Å².